The zero-order valence-corrected chi connectivity index (χ0v) is 11.1. The number of nitrogens with two attached hydrogens (primary N) is 1. The first kappa shape index (κ1) is 12.9. The molecule has 1 unspecified atom stereocenters. The number of hydrogen-bond donors (Lipinski definition) is 3. The van der Waals surface area contributed by atoms with E-state index in [1.807, 2.05) is 0 Å². The van der Waals surface area contributed by atoms with Gasteiger partial charge in [-0.3, -0.25) is 5.43 Å². The number of aliphatic imine (C=N–C) groups is 1. The minimum atomic E-state index is 0.215. The molecule has 1 aromatic rings. The van der Waals surface area contributed by atoms with Gasteiger partial charge in [-0.25, -0.2) is 10.8 Å². The minimum Gasteiger partial charge on any atom is -0.353 e. The number of benzene rings is 1. The van der Waals surface area contributed by atoms with Gasteiger partial charge in [0.1, 0.15) is 0 Å². The maximum Gasteiger partial charge on any atom is 0.206 e. The van der Waals surface area contributed by atoms with Crippen molar-refractivity contribution >= 4 is 5.96 Å². The molecule has 0 saturated carbocycles. The first-order chi connectivity index (χ1) is 8.70. The van der Waals surface area contributed by atoms with Crippen molar-refractivity contribution in [1.82, 2.24) is 10.7 Å². The van der Waals surface area contributed by atoms with Gasteiger partial charge in [0.25, 0.3) is 0 Å². The quantitative estimate of drug-likeness (QED) is 0.323. The molecule has 0 radical (unpaired) electrons. The Kier molecular flexibility index (Phi) is 4.20. The van der Waals surface area contributed by atoms with Gasteiger partial charge in [-0.15, -0.1) is 0 Å². The highest BCUT2D eigenvalue weighted by molar-refractivity contribution is 5.79. The van der Waals surface area contributed by atoms with E-state index in [9.17, 15) is 0 Å². The Bertz CT molecular complexity index is 426. The van der Waals surface area contributed by atoms with Crippen LogP contribution in [0.3, 0.4) is 0 Å². The van der Waals surface area contributed by atoms with Crippen LogP contribution in [0.2, 0.25) is 0 Å². The normalized spacial score (nSPS) is 19.6. The molecule has 0 amide bonds. The maximum atomic E-state index is 5.51. The van der Waals surface area contributed by atoms with Gasteiger partial charge in [0.15, 0.2) is 0 Å². The fourth-order valence-corrected chi connectivity index (χ4v) is 2.41. The van der Waals surface area contributed by atoms with Gasteiger partial charge in [0.2, 0.25) is 5.96 Å². The van der Waals surface area contributed by atoms with Crippen LogP contribution < -0.4 is 16.6 Å². The number of guanidine groups is 1. The van der Waals surface area contributed by atoms with E-state index >= 15 is 0 Å². The zero-order chi connectivity index (χ0) is 13.0. The van der Waals surface area contributed by atoms with E-state index in [1.54, 1.807) is 0 Å². The summed E-state index contributed by atoms with van der Waals surface area (Å²) in [5.41, 5.74) is 5.40. The van der Waals surface area contributed by atoms with Crippen LogP contribution in [0.15, 0.2) is 29.3 Å². The van der Waals surface area contributed by atoms with E-state index < -0.39 is 0 Å². The summed E-state index contributed by atoms with van der Waals surface area (Å²) >= 11 is 0. The Morgan fingerprint density at radius 2 is 2.17 bits per heavy atom. The van der Waals surface area contributed by atoms with Crippen molar-refractivity contribution < 1.29 is 0 Å². The summed E-state index contributed by atoms with van der Waals surface area (Å²) in [6, 6.07) is 9.08. The first-order valence-corrected chi connectivity index (χ1v) is 6.59. The van der Waals surface area contributed by atoms with E-state index in [0.717, 1.165) is 12.8 Å². The maximum absolute atomic E-state index is 5.51. The Hall–Kier alpha value is -1.55. The van der Waals surface area contributed by atoms with Crippen molar-refractivity contribution in [3.63, 3.8) is 0 Å². The fraction of sp³-hybridized carbons (Fsp3) is 0.500. The lowest BCUT2D eigenvalue weighted by Crippen LogP contribution is -2.44. The van der Waals surface area contributed by atoms with Crippen LogP contribution in [0.1, 0.15) is 43.9 Å². The summed E-state index contributed by atoms with van der Waals surface area (Å²) in [4.78, 5) is 4.70. The Morgan fingerprint density at radius 1 is 1.39 bits per heavy atom. The lowest BCUT2D eigenvalue weighted by molar-refractivity contribution is 0.563. The number of nitrogens with zero attached hydrogens (tertiary/aromatic N) is 1. The van der Waals surface area contributed by atoms with E-state index in [0.29, 0.717) is 12.0 Å². The van der Waals surface area contributed by atoms with Crippen molar-refractivity contribution in [3.05, 3.63) is 35.4 Å². The van der Waals surface area contributed by atoms with Gasteiger partial charge in [-0.1, -0.05) is 24.3 Å². The molecule has 0 heterocycles. The van der Waals surface area contributed by atoms with E-state index in [-0.39, 0.29) is 6.04 Å². The molecule has 98 valence electrons. The minimum absolute atomic E-state index is 0.215. The average Bonchev–Trinajstić information content (AvgIpc) is 2.38. The average molecular weight is 246 g/mol. The summed E-state index contributed by atoms with van der Waals surface area (Å²) in [6.07, 6.45) is 3.43. The van der Waals surface area contributed by atoms with Gasteiger partial charge >= 0.3 is 0 Å². The lowest BCUT2D eigenvalue weighted by atomic mass is 9.88. The van der Waals surface area contributed by atoms with Gasteiger partial charge in [-0.05, 0) is 44.2 Å². The van der Waals surface area contributed by atoms with Crippen molar-refractivity contribution in [1.29, 1.82) is 0 Å². The molecule has 0 aromatic heterocycles. The number of nitrogens with one attached hydrogen (secondary N) is 2. The van der Waals surface area contributed by atoms with Crippen LogP contribution in [0.4, 0.5) is 0 Å². The second-order valence-electron chi connectivity index (χ2n) is 5.03. The molecule has 1 atom stereocenters. The fourth-order valence-electron chi connectivity index (χ4n) is 2.41. The Morgan fingerprint density at radius 3 is 2.89 bits per heavy atom. The molecule has 0 spiro atoms. The first-order valence-electron chi connectivity index (χ1n) is 6.59. The topological polar surface area (TPSA) is 62.4 Å². The van der Waals surface area contributed by atoms with E-state index in [1.165, 1.54) is 17.5 Å². The number of aryl methyl sites for hydroxylation is 1. The summed E-state index contributed by atoms with van der Waals surface area (Å²) in [7, 11) is 0. The predicted molar refractivity (Wildman–Crippen MR) is 75.2 cm³/mol. The molecule has 0 saturated heterocycles. The molecule has 4 heteroatoms. The highest BCUT2D eigenvalue weighted by Crippen LogP contribution is 2.32. The van der Waals surface area contributed by atoms with Crippen LogP contribution in [-0.4, -0.2) is 12.0 Å². The van der Waals surface area contributed by atoms with Crippen LogP contribution in [0.25, 0.3) is 0 Å². The number of fused-ring (bicyclic) bond motifs is 1. The molecule has 4 N–H and O–H groups in total. The van der Waals surface area contributed by atoms with Crippen LogP contribution in [-0.2, 0) is 6.42 Å². The third-order valence-corrected chi connectivity index (χ3v) is 3.18. The highest BCUT2D eigenvalue weighted by Gasteiger charge is 2.19. The predicted octanol–water partition coefficient (Wildman–Crippen LogP) is 1.88. The Labute approximate surface area is 109 Å². The summed E-state index contributed by atoms with van der Waals surface area (Å²) in [5, 5.41) is 3.22. The molecule has 1 aromatic carbocycles. The van der Waals surface area contributed by atoms with Crippen molar-refractivity contribution in [2.75, 3.05) is 0 Å². The Balaban J connectivity index is 2.21. The highest BCUT2D eigenvalue weighted by atomic mass is 15.3. The van der Waals surface area contributed by atoms with Crippen LogP contribution in [0.5, 0.6) is 0 Å². The molecular formula is C14H22N4. The molecule has 0 bridgehead atoms. The standard InChI is InChI=1S/C14H22N4/c1-10(2)16-14(18-15)17-13-9-5-7-11-6-3-4-8-12(11)13/h3-4,6,8,10,13H,5,7,9,15H2,1-2H3,(H2,16,17,18). The molecule has 1 aliphatic carbocycles. The third-order valence-electron chi connectivity index (χ3n) is 3.18. The third kappa shape index (κ3) is 3.01. The number of rotatable bonds is 2. The summed E-state index contributed by atoms with van der Waals surface area (Å²) < 4.78 is 0. The molecule has 1 aliphatic rings. The summed E-state index contributed by atoms with van der Waals surface area (Å²) in [6.45, 7) is 4.14. The second-order valence-corrected chi connectivity index (χ2v) is 5.03. The van der Waals surface area contributed by atoms with Crippen LogP contribution >= 0.6 is 0 Å². The van der Waals surface area contributed by atoms with Gasteiger partial charge in [-0.2, -0.15) is 0 Å². The molecule has 0 aliphatic heterocycles. The van der Waals surface area contributed by atoms with E-state index in [4.69, 9.17) is 10.8 Å². The van der Waals surface area contributed by atoms with Crippen LogP contribution in [0, 0.1) is 0 Å². The number of hydrogen-bond acceptors (Lipinski definition) is 2. The molecule has 4 nitrogen and oxygen atoms in total. The molecule has 0 fully saturated rings. The largest absolute Gasteiger partial charge is 0.353 e. The second kappa shape index (κ2) is 5.87. The van der Waals surface area contributed by atoms with Gasteiger partial charge < -0.3 is 5.32 Å². The summed E-state index contributed by atoms with van der Waals surface area (Å²) in [5.74, 6) is 6.19. The van der Waals surface area contributed by atoms with E-state index in [2.05, 4.69) is 48.9 Å². The monoisotopic (exact) mass is 246 g/mol. The zero-order valence-electron chi connectivity index (χ0n) is 11.1. The number of hydrazine groups is 1. The molecular weight excluding hydrogens is 224 g/mol. The van der Waals surface area contributed by atoms with Crippen molar-refractivity contribution in [2.24, 2.45) is 10.8 Å². The molecule has 2 rings (SSSR count). The van der Waals surface area contributed by atoms with Crippen molar-refractivity contribution in [2.45, 2.75) is 45.2 Å². The lowest BCUT2D eigenvalue weighted by Gasteiger charge is -2.24. The van der Waals surface area contributed by atoms with Gasteiger partial charge in [0.05, 0.1) is 6.04 Å². The molecule has 18 heavy (non-hydrogen) atoms. The SMILES string of the molecule is CC(C)NC(=NC1CCCc2ccccc21)NN. The van der Waals surface area contributed by atoms with Gasteiger partial charge in [0, 0.05) is 6.04 Å². The van der Waals surface area contributed by atoms with Crippen molar-refractivity contribution in [3.8, 4) is 0 Å². The smallest absolute Gasteiger partial charge is 0.206 e.